The Morgan fingerprint density at radius 3 is 2.90 bits per heavy atom. The summed E-state index contributed by atoms with van der Waals surface area (Å²) in [6.07, 6.45) is 3.08. The molecule has 1 aliphatic rings. The van der Waals surface area contributed by atoms with E-state index < -0.39 is 0 Å². The van der Waals surface area contributed by atoms with Crippen molar-refractivity contribution in [2.75, 3.05) is 12.4 Å². The van der Waals surface area contributed by atoms with Crippen LogP contribution in [0.15, 0.2) is 24.3 Å². The number of fused-ring (bicyclic) bond motifs is 1. The minimum atomic E-state index is 0.516. The number of hydrogen-bond donors (Lipinski definition) is 1. The highest BCUT2D eigenvalue weighted by Gasteiger charge is 2.16. The maximum absolute atomic E-state index is 9.29. The van der Waals surface area contributed by atoms with Crippen LogP contribution in [0.4, 0.5) is 11.5 Å². The third-order valence-corrected chi connectivity index (χ3v) is 3.88. The van der Waals surface area contributed by atoms with Gasteiger partial charge in [-0.25, -0.2) is 4.98 Å². The first kappa shape index (κ1) is 13.7. The van der Waals surface area contributed by atoms with Gasteiger partial charge in [0.25, 0.3) is 0 Å². The van der Waals surface area contributed by atoms with Crippen LogP contribution < -0.4 is 10.1 Å². The largest absolute Gasteiger partial charge is 0.495 e. The van der Waals surface area contributed by atoms with E-state index in [1.165, 1.54) is 5.56 Å². The van der Waals surface area contributed by atoms with Gasteiger partial charge in [0.2, 0.25) is 0 Å². The Kier molecular flexibility index (Phi) is 3.68. The molecule has 0 fully saturated rings. The summed E-state index contributed by atoms with van der Waals surface area (Å²) < 4.78 is 5.13. The van der Waals surface area contributed by atoms with Crippen LogP contribution >= 0.6 is 11.6 Å². The summed E-state index contributed by atoms with van der Waals surface area (Å²) in [5.41, 5.74) is 3.60. The maximum Gasteiger partial charge on any atom is 0.148 e. The van der Waals surface area contributed by atoms with Crippen LogP contribution in [-0.2, 0) is 12.8 Å². The monoisotopic (exact) mass is 299 g/mol. The van der Waals surface area contributed by atoms with Gasteiger partial charge in [0, 0.05) is 11.4 Å². The van der Waals surface area contributed by atoms with Crippen molar-refractivity contribution in [3.63, 3.8) is 0 Å². The molecule has 2 aromatic rings. The summed E-state index contributed by atoms with van der Waals surface area (Å²) in [4.78, 5) is 4.58. The van der Waals surface area contributed by atoms with Gasteiger partial charge in [0.1, 0.15) is 17.6 Å². The number of benzene rings is 1. The normalized spacial score (nSPS) is 12.6. The number of hydrogen-bond acceptors (Lipinski definition) is 4. The highest BCUT2D eigenvalue weighted by molar-refractivity contribution is 6.32. The third kappa shape index (κ3) is 2.65. The Balaban J connectivity index is 1.95. The van der Waals surface area contributed by atoms with Crippen molar-refractivity contribution in [2.24, 2.45) is 0 Å². The van der Waals surface area contributed by atoms with Gasteiger partial charge in [-0.05, 0) is 49.1 Å². The minimum absolute atomic E-state index is 0.516. The third-order valence-electron chi connectivity index (χ3n) is 3.59. The van der Waals surface area contributed by atoms with Gasteiger partial charge >= 0.3 is 0 Å². The molecule has 1 aromatic carbocycles. The molecule has 1 heterocycles. The standard InChI is InChI=1S/C16H14ClN3O/c1-21-15-6-5-12(8-13(15)17)19-16-11(9-18)7-10-3-2-4-14(10)20-16/h5-8H,2-4H2,1H3,(H,19,20). The Hall–Kier alpha value is -2.25. The predicted molar refractivity (Wildman–Crippen MR) is 82.3 cm³/mol. The van der Waals surface area contributed by atoms with Crippen LogP contribution in [0, 0.1) is 11.3 Å². The molecule has 0 aliphatic heterocycles. The van der Waals surface area contributed by atoms with Crippen LogP contribution in [0.25, 0.3) is 0 Å². The van der Waals surface area contributed by atoms with Crippen LogP contribution in [0.2, 0.25) is 5.02 Å². The Bertz CT molecular complexity index is 737. The first-order valence-electron chi connectivity index (χ1n) is 6.74. The molecular formula is C16H14ClN3O. The number of nitriles is 1. The zero-order valence-corrected chi connectivity index (χ0v) is 12.4. The van der Waals surface area contributed by atoms with Gasteiger partial charge in [0.05, 0.1) is 17.7 Å². The van der Waals surface area contributed by atoms with Crippen LogP contribution in [0.5, 0.6) is 5.75 Å². The van der Waals surface area contributed by atoms with Crippen molar-refractivity contribution in [3.05, 3.63) is 46.1 Å². The van der Waals surface area contributed by atoms with E-state index in [0.29, 0.717) is 22.2 Å². The lowest BCUT2D eigenvalue weighted by atomic mass is 10.1. The smallest absolute Gasteiger partial charge is 0.148 e. The lowest BCUT2D eigenvalue weighted by Gasteiger charge is -2.11. The molecule has 0 saturated carbocycles. The molecule has 3 rings (SSSR count). The molecule has 106 valence electrons. The van der Waals surface area contributed by atoms with Crippen molar-refractivity contribution < 1.29 is 4.74 Å². The molecule has 0 amide bonds. The lowest BCUT2D eigenvalue weighted by Crippen LogP contribution is -2.01. The van der Waals surface area contributed by atoms with Crippen molar-refractivity contribution in [1.29, 1.82) is 5.26 Å². The molecule has 0 atom stereocenters. The van der Waals surface area contributed by atoms with Crippen LogP contribution in [0.1, 0.15) is 23.2 Å². The number of pyridine rings is 1. The summed E-state index contributed by atoms with van der Waals surface area (Å²) in [6.45, 7) is 0. The second-order valence-electron chi connectivity index (χ2n) is 4.93. The second-order valence-corrected chi connectivity index (χ2v) is 5.34. The Morgan fingerprint density at radius 2 is 2.19 bits per heavy atom. The molecule has 1 N–H and O–H groups in total. The van der Waals surface area contributed by atoms with E-state index in [4.69, 9.17) is 16.3 Å². The van der Waals surface area contributed by atoms with Crippen molar-refractivity contribution in [1.82, 2.24) is 4.98 Å². The van der Waals surface area contributed by atoms with Crippen molar-refractivity contribution in [2.45, 2.75) is 19.3 Å². The molecule has 0 saturated heterocycles. The number of nitrogens with zero attached hydrogens (tertiary/aromatic N) is 2. The van der Waals surface area contributed by atoms with E-state index in [-0.39, 0.29) is 0 Å². The fourth-order valence-corrected chi connectivity index (χ4v) is 2.79. The summed E-state index contributed by atoms with van der Waals surface area (Å²) in [5, 5.41) is 13.0. The quantitative estimate of drug-likeness (QED) is 0.935. The van der Waals surface area contributed by atoms with Gasteiger partial charge in [-0.2, -0.15) is 5.26 Å². The average molecular weight is 300 g/mol. The topological polar surface area (TPSA) is 57.9 Å². The summed E-state index contributed by atoms with van der Waals surface area (Å²) >= 11 is 6.11. The number of methoxy groups -OCH3 is 1. The predicted octanol–water partition coefficient (Wildman–Crippen LogP) is 3.85. The van der Waals surface area contributed by atoms with E-state index >= 15 is 0 Å². The van der Waals surface area contributed by atoms with Crippen LogP contribution in [0.3, 0.4) is 0 Å². The Morgan fingerprint density at radius 1 is 1.33 bits per heavy atom. The minimum Gasteiger partial charge on any atom is -0.495 e. The van der Waals surface area contributed by atoms with E-state index in [1.807, 2.05) is 12.1 Å². The molecule has 5 heteroatoms. The van der Waals surface area contributed by atoms with E-state index in [1.54, 1.807) is 19.2 Å². The van der Waals surface area contributed by atoms with Crippen molar-refractivity contribution >= 4 is 23.1 Å². The number of aromatic nitrogens is 1. The number of ether oxygens (including phenoxy) is 1. The number of halogens is 1. The van der Waals surface area contributed by atoms with Crippen molar-refractivity contribution in [3.8, 4) is 11.8 Å². The highest BCUT2D eigenvalue weighted by atomic mass is 35.5. The molecule has 1 aliphatic carbocycles. The van der Waals surface area contributed by atoms with Gasteiger partial charge in [0.15, 0.2) is 0 Å². The first-order chi connectivity index (χ1) is 10.2. The fourth-order valence-electron chi connectivity index (χ4n) is 2.53. The number of aryl methyl sites for hydroxylation is 2. The second kappa shape index (κ2) is 5.63. The summed E-state index contributed by atoms with van der Waals surface area (Å²) in [6, 6.07) is 9.52. The molecule has 0 spiro atoms. The number of anilines is 2. The van der Waals surface area contributed by atoms with E-state index in [9.17, 15) is 5.26 Å². The van der Waals surface area contributed by atoms with Gasteiger partial charge in [-0.3, -0.25) is 0 Å². The van der Waals surface area contributed by atoms with Gasteiger partial charge in [-0.1, -0.05) is 11.6 Å². The number of rotatable bonds is 3. The molecule has 0 radical (unpaired) electrons. The van der Waals surface area contributed by atoms with Gasteiger partial charge in [-0.15, -0.1) is 0 Å². The molecule has 21 heavy (non-hydrogen) atoms. The molecular weight excluding hydrogens is 286 g/mol. The first-order valence-corrected chi connectivity index (χ1v) is 7.12. The SMILES string of the molecule is COc1ccc(Nc2nc3c(cc2C#N)CCC3)cc1Cl. The fraction of sp³-hybridized carbons (Fsp3) is 0.250. The molecule has 0 bridgehead atoms. The molecule has 0 unspecified atom stereocenters. The lowest BCUT2D eigenvalue weighted by molar-refractivity contribution is 0.415. The van der Waals surface area contributed by atoms with E-state index in [0.717, 1.165) is 30.6 Å². The van der Waals surface area contributed by atoms with Gasteiger partial charge < -0.3 is 10.1 Å². The van der Waals surface area contributed by atoms with Crippen LogP contribution in [-0.4, -0.2) is 12.1 Å². The Labute approximate surface area is 128 Å². The molecule has 1 aromatic heterocycles. The highest BCUT2D eigenvalue weighted by Crippen LogP contribution is 2.30. The number of nitrogens with one attached hydrogen (secondary N) is 1. The maximum atomic E-state index is 9.29. The van der Waals surface area contributed by atoms with E-state index in [2.05, 4.69) is 16.4 Å². The average Bonchev–Trinajstić information content (AvgIpc) is 2.93. The summed E-state index contributed by atoms with van der Waals surface area (Å²) in [5.74, 6) is 1.20. The summed E-state index contributed by atoms with van der Waals surface area (Å²) in [7, 11) is 1.57. The zero-order valence-electron chi connectivity index (χ0n) is 11.6. The molecule has 4 nitrogen and oxygen atoms in total. The zero-order chi connectivity index (χ0) is 14.8.